The highest BCUT2D eigenvalue weighted by molar-refractivity contribution is 7.90. The van der Waals surface area contributed by atoms with Crippen molar-refractivity contribution in [1.29, 1.82) is 0 Å². The van der Waals surface area contributed by atoms with Crippen molar-refractivity contribution in [2.75, 3.05) is 24.9 Å². The van der Waals surface area contributed by atoms with Gasteiger partial charge in [0.1, 0.15) is 12.3 Å². The zero-order valence-electron chi connectivity index (χ0n) is 16.6. The number of para-hydroxylation sites is 1. The van der Waals surface area contributed by atoms with Crippen LogP contribution in [0.5, 0.6) is 5.75 Å². The molecule has 0 unspecified atom stereocenters. The van der Waals surface area contributed by atoms with E-state index in [1.807, 2.05) is 38.1 Å². The molecule has 0 bridgehead atoms. The highest BCUT2D eigenvalue weighted by atomic mass is 32.2. The molecule has 2 aromatic carbocycles. The van der Waals surface area contributed by atoms with Gasteiger partial charge in [0.25, 0.3) is 0 Å². The fraction of sp³-hybridized carbons (Fsp3) is 0.350. The summed E-state index contributed by atoms with van der Waals surface area (Å²) in [6, 6.07) is 16.0. The first-order valence-corrected chi connectivity index (χ1v) is 10.4. The minimum Gasteiger partial charge on any atom is -0.491 e. The van der Waals surface area contributed by atoms with Gasteiger partial charge in [-0.1, -0.05) is 30.3 Å². The average Bonchev–Trinajstić information content (AvgIpc) is 2.64. The Hall–Kier alpha value is -2.58. The lowest BCUT2D eigenvalue weighted by molar-refractivity contribution is -0.119. The molecule has 0 aliphatic rings. The molecule has 1 amide bonds. The van der Waals surface area contributed by atoms with Crippen molar-refractivity contribution in [2.45, 2.75) is 26.5 Å². The zero-order valence-corrected chi connectivity index (χ0v) is 17.4. The predicted molar refractivity (Wildman–Crippen MR) is 110 cm³/mol. The van der Waals surface area contributed by atoms with Crippen molar-refractivity contribution >= 4 is 21.8 Å². The van der Waals surface area contributed by atoms with E-state index < -0.39 is 16.1 Å². The quantitative estimate of drug-likeness (QED) is 0.695. The molecule has 7 nitrogen and oxygen atoms in total. The summed E-state index contributed by atoms with van der Waals surface area (Å²) < 4.78 is 33.1. The van der Waals surface area contributed by atoms with E-state index in [0.29, 0.717) is 5.69 Å². The minimum atomic E-state index is -3.80. The summed E-state index contributed by atoms with van der Waals surface area (Å²) in [6.45, 7) is 3.85. The highest BCUT2D eigenvalue weighted by Crippen LogP contribution is 2.19. The second kappa shape index (κ2) is 9.57. The van der Waals surface area contributed by atoms with Crippen LogP contribution < -0.4 is 14.4 Å². The summed E-state index contributed by atoms with van der Waals surface area (Å²) in [4.78, 5) is 12.5. The lowest BCUT2D eigenvalue weighted by atomic mass is 10.2. The van der Waals surface area contributed by atoms with Crippen molar-refractivity contribution in [3.8, 4) is 5.75 Å². The molecular formula is C20H27N3O4S. The molecule has 0 aliphatic carbocycles. The van der Waals surface area contributed by atoms with Crippen LogP contribution in [0.2, 0.25) is 0 Å². The fourth-order valence-electron chi connectivity index (χ4n) is 2.49. The molecule has 0 saturated heterocycles. The number of hydrogen-bond donors (Lipinski definition) is 1. The van der Waals surface area contributed by atoms with Gasteiger partial charge in [-0.2, -0.15) is 12.7 Å². The van der Waals surface area contributed by atoms with Crippen LogP contribution in [0.25, 0.3) is 0 Å². The van der Waals surface area contributed by atoms with Gasteiger partial charge in [-0.3, -0.25) is 4.79 Å². The van der Waals surface area contributed by atoms with Gasteiger partial charge in [0.05, 0.1) is 11.8 Å². The minimum absolute atomic E-state index is 0.0560. The Morgan fingerprint density at radius 2 is 1.75 bits per heavy atom. The maximum absolute atomic E-state index is 12.6. The number of nitrogens with one attached hydrogen (secondary N) is 1. The van der Waals surface area contributed by atoms with Crippen LogP contribution in [0.4, 0.5) is 5.69 Å². The molecule has 0 heterocycles. The Morgan fingerprint density at radius 1 is 1.07 bits per heavy atom. The highest BCUT2D eigenvalue weighted by Gasteiger charge is 2.27. The van der Waals surface area contributed by atoms with Gasteiger partial charge in [-0.25, -0.2) is 4.31 Å². The van der Waals surface area contributed by atoms with Crippen LogP contribution in [0.1, 0.15) is 19.4 Å². The van der Waals surface area contributed by atoms with Crippen LogP contribution in [0, 0.1) is 0 Å². The smallest absolute Gasteiger partial charge is 0.304 e. The van der Waals surface area contributed by atoms with Gasteiger partial charge in [-0.15, -0.1) is 0 Å². The van der Waals surface area contributed by atoms with Gasteiger partial charge in [0.15, 0.2) is 0 Å². The molecule has 1 N–H and O–H groups in total. The molecule has 28 heavy (non-hydrogen) atoms. The Kier molecular flexibility index (Phi) is 7.42. The predicted octanol–water partition coefficient (Wildman–Crippen LogP) is 2.40. The largest absolute Gasteiger partial charge is 0.491 e. The van der Waals surface area contributed by atoms with Crippen molar-refractivity contribution < 1.29 is 17.9 Å². The third-order valence-corrected chi connectivity index (χ3v) is 5.65. The first kappa shape index (κ1) is 21.7. The lowest BCUT2D eigenvalue weighted by Crippen LogP contribution is -2.45. The normalized spacial score (nSPS) is 11.5. The first-order chi connectivity index (χ1) is 13.2. The molecule has 0 saturated carbocycles. The van der Waals surface area contributed by atoms with Crippen LogP contribution in [-0.2, 0) is 21.5 Å². The van der Waals surface area contributed by atoms with Crippen LogP contribution in [0.3, 0.4) is 0 Å². The molecule has 8 heteroatoms. The van der Waals surface area contributed by atoms with E-state index in [-0.39, 0.29) is 19.2 Å². The third kappa shape index (κ3) is 5.97. The summed E-state index contributed by atoms with van der Waals surface area (Å²) in [5.74, 6) is 0.326. The molecule has 0 fully saturated rings. The number of carbonyl (C=O) groups excluding carboxylic acids is 1. The van der Waals surface area contributed by atoms with E-state index in [9.17, 15) is 13.2 Å². The van der Waals surface area contributed by atoms with E-state index in [2.05, 4.69) is 5.32 Å². The van der Waals surface area contributed by atoms with Crippen LogP contribution in [-0.4, -0.2) is 45.4 Å². The average molecular weight is 406 g/mol. The van der Waals surface area contributed by atoms with Crippen molar-refractivity contribution in [1.82, 2.24) is 9.62 Å². The van der Waals surface area contributed by atoms with E-state index in [4.69, 9.17) is 4.74 Å². The van der Waals surface area contributed by atoms with Gasteiger partial charge in [0, 0.05) is 20.6 Å². The number of hydrogen-bond acceptors (Lipinski definition) is 4. The van der Waals surface area contributed by atoms with Gasteiger partial charge >= 0.3 is 10.2 Å². The van der Waals surface area contributed by atoms with Crippen LogP contribution >= 0.6 is 0 Å². The van der Waals surface area contributed by atoms with Crippen molar-refractivity contribution in [2.24, 2.45) is 0 Å². The lowest BCUT2D eigenvalue weighted by Gasteiger charge is -2.26. The van der Waals surface area contributed by atoms with E-state index in [1.54, 1.807) is 30.3 Å². The Bertz CT molecular complexity index is 883. The van der Waals surface area contributed by atoms with Gasteiger partial charge in [-0.05, 0) is 43.7 Å². The fourth-order valence-corrected chi connectivity index (χ4v) is 3.55. The number of rotatable bonds is 9. The topological polar surface area (TPSA) is 79.0 Å². The standard InChI is InChI=1S/C20H27N3O4S/c1-16(2)27-19-12-8-9-17(13-19)14-21-20(24)15-23(28(25,26)22(3)4)18-10-6-5-7-11-18/h5-13,16H,14-15H2,1-4H3,(H,21,24). The van der Waals surface area contributed by atoms with Gasteiger partial charge < -0.3 is 10.1 Å². The number of benzene rings is 2. The van der Waals surface area contributed by atoms with Crippen molar-refractivity contribution in [3.05, 3.63) is 60.2 Å². The summed E-state index contributed by atoms with van der Waals surface area (Å²) in [5.41, 5.74) is 1.30. The molecule has 0 aliphatic heterocycles. The number of amides is 1. The SMILES string of the molecule is CC(C)Oc1cccc(CNC(=O)CN(c2ccccc2)S(=O)(=O)N(C)C)c1. The molecule has 0 aromatic heterocycles. The van der Waals surface area contributed by atoms with Crippen LogP contribution in [0.15, 0.2) is 54.6 Å². The molecule has 2 aromatic rings. The monoisotopic (exact) mass is 405 g/mol. The molecule has 0 radical (unpaired) electrons. The molecule has 2 rings (SSSR count). The number of ether oxygens (including phenoxy) is 1. The molecule has 0 spiro atoms. The Morgan fingerprint density at radius 3 is 2.36 bits per heavy atom. The summed E-state index contributed by atoms with van der Waals surface area (Å²) in [7, 11) is -0.937. The van der Waals surface area contributed by atoms with E-state index >= 15 is 0 Å². The van der Waals surface area contributed by atoms with Crippen molar-refractivity contribution in [3.63, 3.8) is 0 Å². The second-order valence-corrected chi connectivity index (χ2v) is 8.79. The second-order valence-electron chi connectivity index (χ2n) is 6.72. The maximum atomic E-state index is 12.6. The summed E-state index contributed by atoms with van der Waals surface area (Å²) in [6.07, 6.45) is 0.0560. The maximum Gasteiger partial charge on any atom is 0.304 e. The van der Waals surface area contributed by atoms with E-state index in [0.717, 1.165) is 19.9 Å². The molecule has 152 valence electrons. The number of nitrogens with zero attached hydrogens (tertiary/aromatic N) is 2. The number of anilines is 1. The summed E-state index contributed by atoms with van der Waals surface area (Å²) in [5, 5.41) is 2.77. The molecule has 0 atom stereocenters. The Balaban J connectivity index is 2.08. The Labute approximate surface area is 167 Å². The first-order valence-electron chi connectivity index (χ1n) is 8.97. The van der Waals surface area contributed by atoms with Gasteiger partial charge in [0.2, 0.25) is 5.91 Å². The molecular weight excluding hydrogens is 378 g/mol. The van der Waals surface area contributed by atoms with E-state index in [1.165, 1.54) is 14.1 Å². The number of carbonyl (C=O) groups is 1. The zero-order chi connectivity index (χ0) is 20.7. The third-order valence-electron chi connectivity index (χ3n) is 3.83. The summed E-state index contributed by atoms with van der Waals surface area (Å²) >= 11 is 0.